The van der Waals surface area contributed by atoms with Gasteiger partial charge in [0.2, 0.25) is 0 Å². The van der Waals surface area contributed by atoms with Gasteiger partial charge < -0.3 is 0 Å². The Morgan fingerprint density at radius 3 is 2.05 bits per heavy atom. The van der Waals surface area contributed by atoms with Gasteiger partial charge in [0.05, 0.1) is 20.0 Å². The highest BCUT2D eigenvalue weighted by Crippen LogP contribution is 2.20. The molecule has 2 aromatic carbocycles. The van der Waals surface area contributed by atoms with Crippen molar-refractivity contribution in [1.82, 2.24) is 0 Å². The van der Waals surface area contributed by atoms with Crippen LogP contribution in [0.5, 0.6) is 0 Å². The van der Waals surface area contributed by atoms with E-state index in [-0.39, 0.29) is 0 Å². The molecule has 2 nitrogen and oxygen atoms in total. The quantitative estimate of drug-likeness (QED) is 0.453. The molecule has 0 aliphatic rings. The highest BCUT2D eigenvalue weighted by atomic mass is 15.2. The molecule has 2 heteroatoms. The van der Waals surface area contributed by atoms with Crippen LogP contribution >= 0.6 is 0 Å². The zero-order valence-corrected chi connectivity index (χ0v) is 13.5. The average Bonchev–Trinajstić information content (AvgIpc) is 2.56. The van der Waals surface area contributed by atoms with E-state index in [1.165, 1.54) is 17.2 Å². The van der Waals surface area contributed by atoms with Gasteiger partial charge in [-0.1, -0.05) is 50.2 Å². The first-order valence-corrected chi connectivity index (χ1v) is 7.59. The molecule has 0 N–H and O–H groups in total. The van der Waals surface area contributed by atoms with Gasteiger partial charge in [0.25, 0.3) is 5.84 Å². The molecule has 0 aliphatic heterocycles. The van der Waals surface area contributed by atoms with Crippen molar-refractivity contribution in [3.05, 3.63) is 60.7 Å². The monoisotopic (exact) mass is 281 g/mol. The summed E-state index contributed by atoms with van der Waals surface area (Å²) in [6.07, 6.45) is 1.11. The van der Waals surface area contributed by atoms with Gasteiger partial charge in [0, 0.05) is 0 Å². The summed E-state index contributed by atoms with van der Waals surface area (Å²) in [4.78, 5) is 2.29. The number of amidine groups is 1. The highest BCUT2D eigenvalue weighted by Gasteiger charge is 2.25. The Kier molecular flexibility index (Phi) is 5.15. The van der Waals surface area contributed by atoms with E-state index in [2.05, 4.69) is 98.1 Å². The molecule has 0 aromatic heterocycles. The standard InChI is InChI=1S/C19H25N2/c1-5-16(2)19(20(3)17-12-8-6-9-13-17)21(4)18-14-10-7-11-15-18/h6-16H,5H2,1-4H3/q+1. The van der Waals surface area contributed by atoms with Gasteiger partial charge in [-0.15, -0.1) is 0 Å². The van der Waals surface area contributed by atoms with Crippen LogP contribution in [0, 0.1) is 5.92 Å². The van der Waals surface area contributed by atoms with Crippen LogP contribution < -0.4 is 4.90 Å². The van der Waals surface area contributed by atoms with Gasteiger partial charge in [-0.05, 0) is 30.7 Å². The Balaban J connectivity index is 2.49. The third kappa shape index (κ3) is 3.52. The number of benzene rings is 2. The summed E-state index contributed by atoms with van der Waals surface area (Å²) in [6, 6.07) is 21.1. The van der Waals surface area contributed by atoms with Crippen LogP contribution in [0.4, 0.5) is 11.4 Å². The third-order valence-corrected chi connectivity index (χ3v) is 4.03. The van der Waals surface area contributed by atoms with Gasteiger partial charge in [-0.3, -0.25) is 0 Å². The highest BCUT2D eigenvalue weighted by molar-refractivity contribution is 5.95. The minimum atomic E-state index is 0.486. The van der Waals surface area contributed by atoms with Gasteiger partial charge in [0.15, 0.2) is 0 Å². The first-order valence-electron chi connectivity index (χ1n) is 7.59. The van der Waals surface area contributed by atoms with E-state index in [9.17, 15) is 0 Å². The second kappa shape index (κ2) is 7.07. The maximum Gasteiger partial charge on any atom is 0.259 e. The van der Waals surface area contributed by atoms with Crippen molar-refractivity contribution < 1.29 is 4.58 Å². The molecule has 0 heterocycles. The van der Waals surface area contributed by atoms with Gasteiger partial charge in [0.1, 0.15) is 11.4 Å². The second-order valence-corrected chi connectivity index (χ2v) is 5.46. The maximum atomic E-state index is 2.29. The van der Waals surface area contributed by atoms with Crippen LogP contribution in [-0.2, 0) is 0 Å². The minimum Gasteiger partial charge on any atom is -0.234 e. The number of anilines is 1. The van der Waals surface area contributed by atoms with Crippen molar-refractivity contribution in [2.75, 3.05) is 19.0 Å². The molecule has 0 spiro atoms. The van der Waals surface area contributed by atoms with E-state index in [1.54, 1.807) is 0 Å². The maximum absolute atomic E-state index is 2.29. The Bertz CT molecular complexity index is 587. The largest absolute Gasteiger partial charge is 0.259 e. The number of rotatable bonds is 4. The third-order valence-electron chi connectivity index (χ3n) is 4.03. The van der Waals surface area contributed by atoms with Crippen LogP contribution in [0.1, 0.15) is 20.3 Å². The molecule has 0 saturated heterocycles. The zero-order chi connectivity index (χ0) is 15.2. The van der Waals surface area contributed by atoms with E-state index in [1.807, 2.05) is 0 Å². The van der Waals surface area contributed by atoms with Gasteiger partial charge in [-0.25, -0.2) is 9.48 Å². The molecular formula is C19H25N2+. The summed E-state index contributed by atoms with van der Waals surface area (Å²) in [5.41, 5.74) is 2.44. The number of para-hydroxylation sites is 2. The lowest BCUT2D eigenvalue weighted by atomic mass is 10.1. The summed E-state index contributed by atoms with van der Waals surface area (Å²) >= 11 is 0. The minimum absolute atomic E-state index is 0.486. The topological polar surface area (TPSA) is 6.25 Å². The first-order chi connectivity index (χ1) is 10.1. The second-order valence-electron chi connectivity index (χ2n) is 5.46. The molecule has 0 fully saturated rings. The Morgan fingerprint density at radius 2 is 1.52 bits per heavy atom. The van der Waals surface area contributed by atoms with Crippen LogP contribution in [-0.4, -0.2) is 24.5 Å². The summed E-state index contributed by atoms with van der Waals surface area (Å²) in [7, 11) is 4.30. The fourth-order valence-electron chi connectivity index (χ4n) is 2.64. The van der Waals surface area contributed by atoms with Crippen molar-refractivity contribution in [1.29, 1.82) is 0 Å². The molecule has 110 valence electrons. The molecule has 2 aromatic rings. The van der Waals surface area contributed by atoms with Crippen molar-refractivity contribution in [3.63, 3.8) is 0 Å². The van der Waals surface area contributed by atoms with Gasteiger partial charge in [-0.2, -0.15) is 0 Å². The lowest BCUT2D eigenvalue weighted by molar-refractivity contribution is -0.409. The predicted molar refractivity (Wildman–Crippen MR) is 91.6 cm³/mol. The zero-order valence-electron chi connectivity index (χ0n) is 13.5. The van der Waals surface area contributed by atoms with Crippen molar-refractivity contribution in [3.8, 4) is 0 Å². The molecule has 2 rings (SSSR count). The average molecular weight is 281 g/mol. The van der Waals surface area contributed by atoms with Crippen LogP contribution in [0.2, 0.25) is 0 Å². The smallest absolute Gasteiger partial charge is 0.234 e. The molecule has 0 bridgehead atoms. The first kappa shape index (κ1) is 15.3. The molecule has 0 aliphatic carbocycles. The lowest BCUT2D eigenvalue weighted by Gasteiger charge is -2.21. The van der Waals surface area contributed by atoms with E-state index >= 15 is 0 Å². The van der Waals surface area contributed by atoms with Crippen molar-refractivity contribution >= 4 is 17.2 Å². The number of hydrogen-bond donors (Lipinski definition) is 0. The lowest BCUT2D eigenvalue weighted by Crippen LogP contribution is -2.37. The SMILES string of the molecule is CCC(C)C(N(C)c1ccccc1)=[N+](C)c1ccccc1. The molecule has 1 unspecified atom stereocenters. The van der Waals surface area contributed by atoms with Gasteiger partial charge >= 0.3 is 0 Å². The summed E-state index contributed by atoms with van der Waals surface area (Å²) in [5, 5.41) is 0. The van der Waals surface area contributed by atoms with E-state index in [4.69, 9.17) is 0 Å². The molecule has 0 radical (unpaired) electrons. The normalized spacial score (nSPS) is 13.5. The van der Waals surface area contributed by atoms with Crippen LogP contribution in [0.3, 0.4) is 0 Å². The predicted octanol–water partition coefficient (Wildman–Crippen LogP) is 4.54. The molecular weight excluding hydrogens is 256 g/mol. The van der Waals surface area contributed by atoms with E-state index in [0.29, 0.717) is 5.92 Å². The van der Waals surface area contributed by atoms with Crippen molar-refractivity contribution in [2.24, 2.45) is 5.92 Å². The van der Waals surface area contributed by atoms with Crippen LogP contribution in [0.25, 0.3) is 0 Å². The summed E-state index contributed by atoms with van der Waals surface area (Å²) in [6.45, 7) is 4.52. The number of nitrogens with zero attached hydrogens (tertiary/aromatic N) is 2. The fraction of sp³-hybridized carbons (Fsp3) is 0.316. The summed E-state index contributed by atoms with van der Waals surface area (Å²) in [5.74, 6) is 1.80. The van der Waals surface area contributed by atoms with E-state index in [0.717, 1.165) is 6.42 Å². The van der Waals surface area contributed by atoms with E-state index < -0.39 is 0 Å². The fourth-order valence-corrected chi connectivity index (χ4v) is 2.64. The molecule has 1 atom stereocenters. The number of hydrogen-bond acceptors (Lipinski definition) is 0. The molecule has 0 saturated carbocycles. The Labute approximate surface area is 128 Å². The van der Waals surface area contributed by atoms with Crippen molar-refractivity contribution in [2.45, 2.75) is 20.3 Å². The molecule has 21 heavy (non-hydrogen) atoms. The Hall–Kier alpha value is -2.09. The molecule has 0 amide bonds. The van der Waals surface area contributed by atoms with Crippen LogP contribution in [0.15, 0.2) is 60.7 Å². The summed E-state index contributed by atoms with van der Waals surface area (Å²) < 4.78 is 2.29. The Morgan fingerprint density at radius 1 is 1.00 bits per heavy atom.